The van der Waals surface area contributed by atoms with Crippen LogP contribution in [0.3, 0.4) is 0 Å². The number of nitrogens with one attached hydrogen (secondary N) is 3. The molecule has 1 heterocycles. The van der Waals surface area contributed by atoms with Crippen molar-refractivity contribution < 1.29 is 13.9 Å². The highest BCUT2D eigenvalue weighted by molar-refractivity contribution is 5.82. The standard InChI is InChI=1S/C18H20FN3O2/c1-24-17-5-3-2-4-13(17)11-20-18(23)16-10-15(21-22-16)12-6-8-14(19)9-7-12/h2-9,15-16,21-22H,10-11H2,1H3,(H,20,23). The van der Waals surface area contributed by atoms with Crippen LogP contribution < -0.4 is 20.9 Å². The molecule has 1 aliphatic rings. The van der Waals surface area contributed by atoms with E-state index in [9.17, 15) is 9.18 Å². The third-order valence-electron chi connectivity index (χ3n) is 4.14. The van der Waals surface area contributed by atoms with E-state index in [0.29, 0.717) is 13.0 Å². The number of methoxy groups -OCH3 is 1. The summed E-state index contributed by atoms with van der Waals surface area (Å²) in [6.07, 6.45) is 0.601. The zero-order valence-corrected chi connectivity index (χ0v) is 13.4. The van der Waals surface area contributed by atoms with Crippen molar-refractivity contribution in [2.75, 3.05) is 7.11 Å². The fourth-order valence-corrected chi connectivity index (χ4v) is 2.80. The Balaban J connectivity index is 1.56. The molecule has 0 aliphatic carbocycles. The summed E-state index contributed by atoms with van der Waals surface area (Å²) in [5.41, 5.74) is 7.96. The lowest BCUT2D eigenvalue weighted by Crippen LogP contribution is -2.42. The van der Waals surface area contributed by atoms with Gasteiger partial charge in [-0.2, -0.15) is 0 Å². The van der Waals surface area contributed by atoms with E-state index in [4.69, 9.17) is 4.74 Å². The Morgan fingerprint density at radius 2 is 1.96 bits per heavy atom. The summed E-state index contributed by atoms with van der Waals surface area (Å²) in [4.78, 5) is 12.3. The molecular weight excluding hydrogens is 309 g/mol. The summed E-state index contributed by atoms with van der Waals surface area (Å²) in [6.45, 7) is 0.405. The van der Waals surface area contributed by atoms with Gasteiger partial charge in [0.15, 0.2) is 0 Å². The van der Waals surface area contributed by atoms with Crippen LogP contribution in [0.1, 0.15) is 23.6 Å². The second kappa shape index (κ2) is 7.42. The predicted octanol–water partition coefficient (Wildman–Crippen LogP) is 2.06. The zero-order chi connectivity index (χ0) is 16.9. The zero-order valence-electron chi connectivity index (χ0n) is 13.4. The van der Waals surface area contributed by atoms with Crippen LogP contribution in [0.15, 0.2) is 48.5 Å². The summed E-state index contributed by atoms with van der Waals surface area (Å²) < 4.78 is 18.3. The Labute approximate surface area is 140 Å². The lowest BCUT2D eigenvalue weighted by molar-refractivity contribution is -0.123. The first kappa shape index (κ1) is 16.4. The molecule has 0 spiro atoms. The van der Waals surface area contributed by atoms with Gasteiger partial charge in [-0.25, -0.2) is 15.2 Å². The molecule has 0 radical (unpaired) electrons. The van der Waals surface area contributed by atoms with Gasteiger partial charge < -0.3 is 10.1 Å². The Morgan fingerprint density at radius 1 is 1.21 bits per heavy atom. The molecule has 0 aromatic heterocycles. The molecule has 2 unspecified atom stereocenters. The van der Waals surface area contributed by atoms with E-state index >= 15 is 0 Å². The number of para-hydroxylation sites is 1. The van der Waals surface area contributed by atoms with Gasteiger partial charge in [-0.1, -0.05) is 30.3 Å². The minimum absolute atomic E-state index is 0.0207. The maximum atomic E-state index is 13.0. The van der Waals surface area contributed by atoms with Crippen LogP contribution in [0.4, 0.5) is 4.39 Å². The molecule has 2 aromatic carbocycles. The fourth-order valence-electron chi connectivity index (χ4n) is 2.80. The molecular formula is C18H20FN3O2. The molecule has 2 aromatic rings. The van der Waals surface area contributed by atoms with Gasteiger partial charge in [0, 0.05) is 18.2 Å². The van der Waals surface area contributed by atoms with Crippen molar-refractivity contribution in [3.63, 3.8) is 0 Å². The second-order valence-electron chi connectivity index (χ2n) is 5.71. The van der Waals surface area contributed by atoms with E-state index in [2.05, 4.69) is 16.2 Å². The number of carbonyl (C=O) groups excluding carboxylic acids is 1. The van der Waals surface area contributed by atoms with E-state index in [-0.39, 0.29) is 23.8 Å². The highest BCUT2D eigenvalue weighted by atomic mass is 19.1. The molecule has 2 atom stereocenters. The van der Waals surface area contributed by atoms with E-state index in [1.165, 1.54) is 12.1 Å². The van der Waals surface area contributed by atoms with Crippen LogP contribution in [0.2, 0.25) is 0 Å². The van der Waals surface area contributed by atoms with Crippen molar-refractivity contribution >= 4 is 5.91 Å². The Hall–Kier alpha value is -2.44. The van der Waals surface area contributed by atoms with Crippen molar-refractivity contribution in [2.24, 2.45) is 0 Å². The number of hydrogen-bond donors (Lipinski definition) is 3. The van der Waals surface area contributed by atoms with Crippen LogP contribution in [-0.4, -0.2) is 19.1 Å². The number of hydrogen-bond acceptors (Lipinski definition) is 4. The second-order valence-corrected chi connectivity index (χ2v) is 5.71. The normalized spacial score (nSPS) is 19.9. The molecule has 1 fully saturated rings. The number of ether oxygens (including phenoxy) is 1. The smallest absolute Gasteiger partial charge is 0.238 e. The van der Waals surface area contributed by atoms with Crippen LogP contribution in [-0.2, 0) is 11.3 Å². The average molecular weight is 329 g/mol. The van der Waals surface area contributed by atoms with Gasteiger partial charge in [-0.05, 0) is 30.2 Å². The lowest BCUT2D eigenvalue weighted by atomic mass is 10.0. The van der Waals surface area contributed by atoms with Gasteiger partial charge in [0.05, 0.1) is 7.11 Å². The third kappa shape index (κ3) is 3.72. The molecule has 0 bridgehead atoms. The van der Waals surface area contributed by atoms with Crippen LogP contribution >= 0.6 is 0 Å². The van der Waals surface area contributed by atoms with Gasteiger partial charge >= 0.3 is 0 Å². The highest BCUT2D eigenvalue weighted by Gasteiger charge is 2.29. The Morgan fingerprint density at radius 3 is 2.71 bits per heavy atom. The maximum Gasteiger partial charge on any atom is 0.238 e. The van der Waals surface area contributed by atoms with Crippen molar-refractivity contribution in [3.8, 4) is 5.75 Å². The molecule has 126 valence electrons. The van der Waals surface area contributed by atoms with Crippen molar-refractivity contribution in [1.82, 2.24) is 16.2 Å². The molecule has 3 rings (SSSR count). The first-order valence-corrected chi connectivity index (χ1v) is 7.83. The highest BCUT2D eigenvalue weighted by Crippen LogP contribution is 2.23. The fraction of sp³-hybridized carbons (Fsp3) is 0.278. The summed E-state index contributed by atoms with van der Waals surface area (Å²) in [5.74, 6) is 0.397. The Bertz CT molecular complexity index is 706. The molecule has 3 N–H and O–H groups in total. The van der Waals surface area contributed by atoms with Crippen molar-refractivity contribution in [2.45, 2.75) is 25.0 Å². The summed E-state index contributed by atoms with van der Waals surface area (Å²) in [6, 6.07) is 13.5. The largest absolute Gasteiger partial charge is 0.496 e. The average Bonchev–Trinajstić information content (AvgIpc) is 3.10. The number of carbonyl (C=O) groups is 1. The minimum Gasteiger partial charge on any atom is -0.496 e. The summed E-state index contributed by atoms with van der Waals surface area (Å²) >= 11 is 0. The molecule has 1 amide bonds. The molecule has 24 heavy (non-hydrogen) atoms. The maximum absolute atomic E-state index is 13.0. The number of amides is 1. The lowest BCUT2D eigenvalue weighted by Gasteiger charge is -2.12. The van der Waals surface area contributed by atoms with Gasteiger partial charge in [0.25, 0.3) is 0 Å². The van der Waals surface area contributed by atoms with Crippen LogP contribution in [0.5, 0.6) is 5.75 Å². The van der Waals surface area contributed by atoms with Gasteiger partial charge in [0.1, 0.15) is 17.6 Å². The van der Waals surface area contributed by atoms with E-state index < -0.39 is 0 Å². The van der Waals surface area contributed by atoms with E-state index in [1.54, 1.807) is 19.2 Å². The summed E-state index contributed by atoms with van der Waals surface area (Å²) in [7, 11) is 1.61. The number of hydrazine groups is 1. The van der Waals surface area contributed by atoms with Gasteiger partial charge in [-0.3, -0.25) is 4.79 Å². The van der Waals surface area contributed by atoms with Crippen LogP contribution in [0, 0.1) is 5.82 Å². The van der Waals surface area contributed by atoms with Gasteiger partial charge in [0.2, 0.25) is 5.91 Å². The number of halogens is 1. The number of benzene rings is 2. The van der Waals surface area contributed by atoms with E-state index in [0.717, 1.165) is 16.9 Å². The molecule has 0 saturated carbocycles. The number of rotatable bonds is 5. The molecule has 1 aliphatic heterocycles. The third-order valence-corrected chi connectivity index (χ3v) is 4.14. The van der Waals surface area contributed by atoms with Crippen LogP contribution in [0.25, 0.3) is 0 Å². The minimum atomic E-state index is -0.338. The molecule has 5 nitrogen and oxygen atoms in total. The van der Waals surface area contributed by atoms with Crippen molar-refractivity contribution in [3.05, 3.63) is 65.5 Å². The monoisotopic (exact) mass is 329 g/mol. The van der Waals surface area contributed by atoms with Crippen molar-refractivity contribution in [1.29, 1.82) is 0 Å². The van der Waals surface area contributed by atoms with E-state index in [1.807, 2.05) is 24.3 Å². The summed E-state index contributed by atoms with van der Waals surface area (Å²) in [5, 5.41) is 2.92. The molecule has 1 saturated heterocycles. The first-order valence-electron chi connectivity index (χ1n) is 7.83. The van der Waals surface area contributed by atoms with Gasteiger partial charge in [-0.15, -0.1) is 0 Å². The SMILES string of the molecule is COc1ccccc1CNC(=O)C1CC(c2ccc(F)cc2)NN1. The Kier molecular flexibility index (Phi) is 5.08. The topological polar surface area (TPSA) is 62.4 Å². The molecule has 6 heteroatoms. The quantitative estimate of drug-likeness (QED) is 0.786. The predicted molar refractivity (Wildman–Crippen MR) is 88.7 cm³/mol. The first-order chi connectivity index (χ1) is 11.7.